The molecule has 1 saturated carbocycles. The molecule has 142 valence electrons. The van der Waals surface area contributed by atoms with Gasteiger partial charge in [0.15, 0.2) is 0 Å². The van der Waals surface area contributed by atoms with Crippen LogP contribution in [0, 0.1) is 5.41 Å². The van der Waals surface area contributed by atoms with Gasteiger partial charge in [-0.3, -0.25) is 4.79 Å². The summed E-state index contributed by atoms with van der Waals surface area (Å²) in [6, 6.07) is 5.27. The van der Waals surface area contributed by atoms with Gasteiger partial charge in [-0.25, -0.2) is 4.79 Å². The Hall–Kier alpha value is -1.96. The topological polar surface area (TPSA) is 55.8 Å². The highest BCUT2D eigenvalue weighted by Crippen LogP contribution is 2.46. The summed E-state index contributed by atoms with van der Waals surface area (Å²) in [5.41, 5.74) is -0.807. The van der Waals surface area contributed by atoms with Crippen LogP contribution in [0.5, 0.6) is 5.75 Å². The van der Waals surface area contributed by atoms with Crippen LogP contribution in [-0.2, 0) is 9.53 Å². The fraction of sp³-hybridized carbons (Fsp3) is 0.529. The minimum atomic E-state index is -4.75. The number of halogens is 4. The first-order valence-corrected chi connectivity index (χ1v) is 8.60. The van der Waals surface area contributed by atoms with Crippen molar-refractivity contribution in [3.8, 4) is 5.75 Å². The van der Waals surface area contributed by atoms with Gasteiger partial charge < -0.3 is 14.4 Å². The van der Waals surface area contributed by atoms with Crippen molar-refractivity contribution in [2.24, 2.45) is 5.41 Å². The second-order valence-corrected chi connectivity index (χ2v) is 6.89. The normalized spacial score (nSPS) is 26.2. The number of carbonyl (C=O) groups is 2. The molecule has 1 spiro atoms. The minimum absolute atomic E-state index is 0.0439. The Labute approximate surface area is 153 Å². The largest absolute Gasteiger partial charge is 0.573 e. The quantitative estimate of drug-likeness (QED) is 0.705. The Kier molecular flexibility index (Phi) is 5.05. The molecule has 26 heavy (non-hydrogen) atoms. The van der Waals surface area contributed by atoms with E-state index < -0.39 is 17.2 Å². The summed E-state index contributed by atoms with van der Waals surface area (Å²) in [5.74, 6) is -0.372. The highest BCUT2D eigenvalue weighted by molar-refractivity contribution is 6.61. The third-order valence-electron chi connectivity index (χ3n) is 5.04. The third-order valence-corrected chi connectivity index (χ3v) is 5.13. The number of rotatable bonds is 3. The van der Waals surface area contributed by atoms with Gasteiger partial charge in [0.25, 0.3) is 0 Å². The van der Waals surface area contributed by atoms with E-state index in [9.17, 15) is 22.8 Å². The van der Waals surface area contributed by atoms with Crippen LogP contribution in [0.1, 0.15) is 32.1 Å². The van der Waals surface area contributed by atoms with Crippen LogP contribution in [0.15, 0.2) is 24.3 Å². The third kappa shape index (κ3) is 4.06. The van der Waals surface area contributed by atoms with E-state index in [1.807, 2.05) is 0 Å². The molecule has 0 N–H and O–H groups in total. The fourth-order valence-corrected chi connectivity index (χ4v) is 3.88. The highest BCUT2D eigenvalue weighted by Gasteiger charge is 2.49. The van der Waals surface area contributed by atoms with Crippen LogP contribution in [0.3, 0.4) is 0 Å². The van der Waals surface area contributed by atoms with Crippen LogP contribution in [0.4, 0.5) is 23.7 Å². The molecule has 9 heteroatoms. The van der Waals surface area contributed by atoms with Crippen LogP contribution < -0.4 is 9.64 Å². The molecular weight excluding hydrogens is 375 g/mol. The lowest BCUT2D eigenvalue weighted by Gasteiger charge is -2.35. The summed E-state index contributed by atoms with van der Waals surface area (Å²) >= 11 is 5.23. The van der Waals surface area contributed by atoms with Gasteiger partial charge in [0.2, 0.25) is 5.91 Å². The van der Waals surface area contributed by atoms with Crippen molar-refractivity contribution in [1.82, 2.24) is 0 Å². The summed E-state index contributed by atoms with van der Waals surface area (Å²) in [7, 11) is 0. The van der Waals surface area contributed by atoms with E-state index in [1.165, 1.54) is 24.3 Å². The lowest BCUT2D eigenvalue weighted by molar-refractivity contribution is -0.274. The highest BCUT2D eigenvalue weighted by atomic mass is 35.5. The van der Waals surface area contributed by atoms with E-state index in [0.717, 1.165) is 0 Å². The standard InChI is InChI=1S/C17H17ClF3NO4/c18-15(24)25-12-5-7-16(8-6-12)9-10-22(14(16)23)11-1-3-13(4-2-11)26-17(19,20)21/h1-4,12H,5-10H2/t12-,16+. The first-order valence-electron chi connectivity index (χ1n) is 8.22. The summed E-state index contributed by atoms with van der Waals surface area (Å²) in [5, 5.41) is 0. The number of hydrogen-bond donors (Lipinski definition) is 0. The molecule has 5 nitrogen and oxygen atoms in total. The van der Waals surface area contributed by atoms with Gasteiger partial charge in [-0.05, 0) is 56.4 Å². The molecule has 2 fully saturated rings. The molecule has 3 rings (SSSR count). The second-order valence-electron chi connectivity index (χ2n) is 6.58. The van der Waals surface area contributed by atoms with Gasteiger partial charge in [0.05, 0.1) is 5.41 Å². The van der Waals surface area contributed by atoms with E-state index in [4.69, 9.17) is 16.3 Å². The van der Waals surface area contributed by atoms with E-state index in [0.29, 0.717) is 44.3 Å². The van der Waals surface area contributed by atoms with Crippen molar-refractivity contribution in [2.75, 3.05) is 11.4 Å². The van der Waals surface area contributed by atoms with Gasteiger partial charge in [0.1, 0.15) is 11.9 Å². The van der Waals surface area contributed by atoms with Gasteiger partial charge >= 0.3 is 11.8 Å². The maximum Gasteiger partial charge on any atom is 0.573 e. The second kappa shape index (κ2) is 6.98. The van der Waals surface area contributed by atoms with Crippen molar-refractivity contribution in [2.45, 2.75) is 44.6 Å². The van der Waals surface area contributed by atoms with Crippen LogP contribution in [-0.4, -0.2) is 30.3 Å². The number of ether oxygens (including phenoxy) is 2. The predicted molar refractivity (Wildman–Crippen MR) is 87.1 cm³/mol. The number of benzene rings is 1. The number of anilines is 1. The van der Waals surface area contributed by atoms with E-state index in [2.05, 4.69) is 4.74 Å². The number of amides is 1. The average Bonchev–Trinajstić information content (AvgIpc) is 2.86. The van der Waals surface area contributed by atoms with Crippen molar-refractivity contribution in [3.63, 3.8) is 0 Å². The lowest BCUT2D eigenvalue weighted by atomic mass is 9.72. The first kappa shape index (κ1) is 18.8. The minimum Gasteiger partial charge on any atom is -0.450 e. The smallest absolute Gasteiger partial charge is 0.450 e. The molecule has 0 aromatic heterocycles. The Bertz CT molecular complexity index is 684. The molecule has 0 radical (unpaired) electrons. The number of alkyl halides is 3. The Morgan fingerprint density at radius 2 is 1.77 bits per heavy atom. The van der Waals surface area contributed by atoms with Gasteiger partial charge in [-0.1, -0.05) is 0 Å². The van der Waals surface area contributed by atoms with E-state index >= 15 is 0 Å². The van der Waals surface area contributed by atoms with Gasteiger partial charge in [-0.2, -0.15) is 0 Å². The average molecular weight is 392 g/mol. The maximum absolute atomic E-state index is 12.9. The molecule has 1 saturated heterocycles. The molecule has 0 bridgehead atoms. The van der Waals surface area contributed by atoms with Crippen molar-refractivity contribution >= 4 is 28.6 Å². The molecule has 2 aliphatic rings. The predicted octanol–water partition coefficient (Wildman–Crippen LogP) is 4.63. The van der Waals surface area contributed by atoms with E-state index in [1.54, 1.807) is 4.90 Å². The Balaban J connectivity index is 1.65. The molecular formula is C17H17ClF3NO4. The number of nitrogens with zero attached hydrogens (tertiary/aromatic N) is 1. The van der Waals surface area contributed by atoms with Gasteiger partial charge in [-0.15, -0.1) is 13.2 Å². The number of hydrogen-bond acceptors (Lipinski definition) is 4. The molecule has 1 heterocycles. The molecule has 0 atom stereocenters. The van der Waals surface area contributed by atoms with Crippen molar-refractivity contribution in [1.29, 1.82) is 0 Å². The SMILES string of the molecule is O=C(Cl)O[C@H]1CC[C@]2(CCN(c3ccc(OC(F)(F)F)cc3)C2=O)CC1. The lowest BCUT2D eigenvalue weighted by Crippen LogP contribution is -2.39. The van der Waals surface area contributed by atoms with Crippen molar-refractivity contribution < 1.29 is 32.2 Å². The summed E-state index contributed by atoms with van der Waals surface area (Å²) in [6.07, 6.45) is -2.05. The summed E-state index contributed by atoms with van der Waals surface area (Å²) < 4.78 is 45.5. The zero-order valence-corrected chi connectivity index (χ0v) is 14.5. The van der Waals surface area contributed by atoms with Gasteiger partial charge in [0, 0.05) is 23.8 Å². The molecule has 0 unspecified atom stereocenters. The maximum atomic E-state index is 12.9. The zero-order valence-electron chi connectivity index (χ0n) is 13.7. The van der Waals surface area contributed by atoms with Crippen LogP contribution in [0.2, 0.25) is 0 Å². The zero-order chi connectivity index (χ0) is 18.9. The molecule has 1 aliphatic carbocycles. The summed E-state index contributed by atoms with van der Waals surface area (Å²) in [6.45, 7) is 0.498. The summed E-state index contributed by atoms with van der Waals surface area (Å²) in [4.78, 5) is 25.3. The molecule has 1 aromatic rings. The molecule has 1 aliphatic heterocycles. The van der Waals surface area contributed by atoms with Crippen LogP contribution >= 0.6 is 11.6 Å². The number of carbonyl (C=O) groups excluding carboxylic acids is 2. The Morgan fingerprint density at radius 1 is 1.15 bits per heavy atom. The fourth-order valence-electron chi connectivity index (χ4n) is 3.75. The van der Waals surface area contributed by atoms with Crippen molar-refractivity contribution in [3.05, 3.63) is 24.3 Å². The van der Waals surface area contributed by atoms with Crippen LogP contribution in [0.25, 0.3) is 0 Å². The first-order chi connectivity index (χ1) is 12.2. The van der Waals surface area contributed by atoms with E-state index in [-0.39, 0.29) is 17.8 Å². The monoisotopic (exact) mass is 391 g/mol. The Morgan fingerprint density at radius 3 is 2.31 bits per heavy atom. The molecule has 1 aromatic carbocycles. The molecule has 1 amide bonds.